The van der Waals surface area contributed by atoms with Crippen molar-refractivity contribution in [1.82, 2.24) is 0 Å². The summed E-state index contributed by atoms with van der Waals surface area (Å²) in [6.45, 7) is 0.0768. The molecule has 0 saturated carbocycles. The molecule has 0 aliphatic carbocycles. The molecule has 0 radical (unpaired) electrons. The zero-order chi connectivity index (χ0) is 13.8. The van der Waals surface area contributed by atoms with Crippen molar-refractivity contribution in [1.29, 1.82) is 0 Å². The third kappa shape index (κ3) is 3.47. The molecule has 0 aromatic heterocycles. The molecule has 0 heterocycles. The molecule has 0 aliphatic heterocycles. The van der Waals surface area contributed by atoms with Crippen LogP contribution in [-0.4, -0.2) is 5.11 Å². The molecular formula is C14H11BrClFO2. The second kappa shape index (κ2) is 6.37. The Morgan fingerprint density at radius 3 is 2.74 bits per heavy atom. The van der Waals surface area contributed by atoms with Crippen LogP contribution < -0.4 is 4.74 Å². The van der Waals surface area contributed by atoms with Crippen molar-refractivity contribution in [3.05, 3.63) is 62.8 Å². The molecule has 2 aromatic rings. The third-order valence-corrected chi connectivity index (χ3v) is 3.52. The van der Waals surface area contributed by atoms with E-state index in [0.29, 0.717) is 16.9 Å². The first kappa shape index (κ1) is 14.3. The normalized spacial score (nSPS) is 10.5. The minimum Gasteiger partial charge on any atom is -0.487 e. The first-order valence-electron chi connectivity index (χ1n) is 5.57. The van der Waals surface area contributed by atoms with Crippen molar-refractivity contribution in [3.63, 3.8) is 0 Å². The largest absolute Gasteiger partial charge is 0.487 e. The minimum atomic E-state index is -0.475. The van der Waals surface area contributed by atoms with Crippen molar-refractivity contribution in [2.45, 2.75) is 13.2 Å². The molecule has 5 heteroatoms. The average Bonchev–Trinajstić information content (AvgIpc) is 2.41. The summed E-state index contributed by atoms with van der Waals surface area (Å²) in [6.07, 6.45) is 0. The van der Waals surface area contributed by atoms with Crippen LogP contribution in [0.25, 0.3) is 0 Å². The highest BCUT2D eigenvalue weighted by molar-refractivity contribution is 9.10. The highest BCUT2D eigenvalue weighted by atomic mass is 79.9. The topological polar surface area (TPSA) is 29.5 Å². The van der Waals surface area contributed by atoms with Gasteiger partial charge in [0.05, 0.1) is 16.1 Å². The summed E-state index contributed by atoms with van der Waals surface area (Å²) in [5.74, 6) is 0.0811. The van der Waals surface area contributed by atoms with Gasteiger partial charge in [0.15, 0.2) is 0 Å². The zero-order valence-electron chi connectivity index (χ0n) is 9.87. The van der Waals surface area contributed by atoms with Crippen molar-refractivity contribution in [2.75, 3.05) is 0 Å². The molecule has 2 rings (SSSR count). The summed E-state index contributed by atoms with van der Waals surface area (Å²) in [7, 11) is 0. The van der Waals surface area contributed by atoms with Gasteiger partial charge in [-0.3, -0.25) is 0 Å². The lowest BCUT2D eigenvalue weighted by Crippen LogP contribution is -2.00. The van der Waals surface area contributed by atoms with E-state index in [0.717, 1.165) is 4.47 Å². The van der Waals surface area contributed by atoms with Crippen LogP contribution in [0.15, 0.2) is 40.9 Å². The van der Waals surface area contributed by atoms with E-state index < -0.39 is 5.82 Å². The lowest BCUT2D eigenvalue weighted by molar-refractivity contribution is 0.258. The summed E-state index contributed by atoms with van der Waals surface area (Å²) in [6, 6.07) is 9.91. The fourth-order valence-corrected chi connectivity index (χ4v) is 2.26. The van der Waals surface area contributed by atoms with Gasteiger partial charge in [-0.05, 0) is 39.7 Å². The third-order valence-electron chi connectivity index (χ3n) is 2.59. The maximum absolute atomic E-state index is 13.3. The van der Waals surface area contributed by atoms with Gasteiger partial charge in [0.2, 0.25) is 0 Å². The maximum atomic E-state index is 13.3. The Kier molecular flexibility index (Phi) is 4.80. The Morgan fingerprint density at radius 1 is 1.26 bits per heavy atom. The van der Waals surface area contributed by atoms with Crippen molar-refractivity contribution < 1.29 is 14.2 Å². The van der Waals surface area contributed by atoms with Gasteiger partial charge in [-0.2, -0.15) is 0 Å². The monoisotopic (exact) mass is 344 g/mol. The quantitative estimate of drug-likeness (QED) is 0.894. The first-order chi connectivity index (χ1) is 9.11. The maximum Gasteiger partial charge on any atom is 0.142 e. The fraction of sp³-hybridized carbons (Fsp3) is 0.143. The van der Waals surface area contributed by atoms with Gasteiger partial charge in [-0.15, -0.1) is 0 Å². The highest BCUT2D eigenvalue weighted by Crippen LogP contribution is 2.30. The Bertz CT molecular complexity index is 590. The number of benzene rings is 2. The number of hydrogen-bond donors (Lipinski definition) is 1. The van der Waals surface area contributed by atoms with Crippen LogP contribution in [0.2, 0.25) is 5.02 Å². The number of hydrogen-bond acceptors (Lipinski definition) is 2. The van der Waals surface area contributed by atoms with E-state index in [4.69, 9.17) is 16.3 Å². The molecule has 0 bridgehead atoms. The molecule has 1 N–H and O–H groups in total. The second-order valence-electron chi connectivity index (χ2n) is 3.92. The number of aliphatic hydroxyl groups excluding tert-OH is 1. The van der Waals surface area contributed by atoms with E-state index >= 15 is 0 Å². The summed E-state index contributed by atoms with van der Waals surface area (Å²) >= 11 is 8.97. The van der Waals surface area contributed by atoms with Crippen LogP contribution in [0.3, 0.4) is 0 Å². The van der Waals surface area contributed by atoms with Crippen LogP contribution in [0.4, 0.5) is 4.39 Å². The number of para-hydroxylation sites is 1. The van der Waals surface area contributed by atoms with Crippen LogP contribution in [-0.2, 0) is 13.2 Å². The molecule has 2 aromatic carbocycles. The van der Waals surface area contributed by atoms with E-state index in [1.807, 2.05) is 12.1 Å². The Labute approximate surface area is 123 Å². The van der Waals surface area contributed by atoms with E-state index in [-0.39, 0.29) is 18.2 Å². The number of aliphatic hydroxyl groups is 1. The molecular weight excluding hydrogens is 335 g/mol. The fourth-order valence-electron chi connectivity index (χ4n) is 1.62. The van der Waals surface area contributed by atoms with Gasteiger partial charge < -0.3 is 9.84 Å². The predicted octanol–water partition coefficient (Wildman–Crippen LogP) is 4.31. The van der Waals surface area contributed by atoms with E-state index in [2.05, 4.69) is 15.9 Å². The molecule has 0 aliphatic rings. The SMILES string of the molecule is OCc1cccc(Br)c1OCc1ccc(Cl)c(F)c1. The summed E-state index contributed by atoms with van der Waals surface area (Å²) in [5, 5.41) is 9.33. The minimum absolute atomic E-state index is 0.0840. The van der Waals surface area contributed by atoms with E-state index in [1.165, 1.54) is 12.1 Å². The molecule has 0 unspecified atom stereocenters. The van der Waals surface area contributed by atoms with Gasteiger partial charge >= 0.3 is 0 Å². The predicted molar refractivity (Wildman–Crippen MR) is 75.8 cm³/mol. The molecule has 100 valence electrons. The Balaban J connectivity index is 2.16. The molecule has 2 nitrogen and oxygen atoms in total. The van der Waals surface area contributed by atoms with Crippen molar-refractivity contribution >= 4 is 27.5 Å². The van der Waals surface area contributed by atoms with Gasteiger partial charge in [0, 0.05) is 5.56 Å². The number of rotatable bonds is 4. The first-order valence-corrected chi connectivity index (χ1v) is 6.74. The summed E-state index contributed by atoms with van der Waals surface area (Å²) in [5.41, 5.74) is 1.34. The standard InChI is InChI=1S/C14H11BrClFO2/c15-11-3-1-2-10(7-18)14(11)19-8-9-4-5-12(16)13(17)6-9/h1-6,18H,7-8H2. The lowest BCUT2D eigenvalue weighted by Gasteiger charge is -2.12. The number of halogens is 3. The van der Waals surface area contributed by atoms with Gasteiger partial charge in [-0.25, -0.2) is 4.39 Å². The van der Waals surface area contributed by atoms with Crippen LogP contribution in [0, 0.1) is 5.82 Å². The molecule has 0 saturated heterocycles. The number of ether oxygens (including phenoxy) is 1. The molecule has 0 fully saturated rings. The van der Waals surface area contributed by atoms with Crippen LogP contribution in [0.5, 0.6) is 5.75 Å². The lowest BCUT2D eigenvalue weighted by atomic mass is 10.2. The van der Waals surface area contributed by atoms with Gasteiger partial charge in [0.25, 0.3) is 0 Å². The molecule has 0 amide bonds. The average molecular weight is 346 g/mol. The smallest absolute Gasteiger partial charge is 0.142 e. The molecule has 19 heavy (non-hydrogen) atoms. The van der Waals surface area contributed by atoms with Crippen LogP contribution in [0.1, 0.15) is 11.1 Å². The van der Waals surface area contributed by atoms with Crippen LogP contribution >= 0.6 is 27.5 Å². The van der Waals surface area contributed by atoms with E-state index in [1.54, 1.807) is 12.1 Å². The summed E-state index contributed by atoms with van der Waals surface area (Å²) < 4.78 is 19.7. The van der Waals surface area contributed by atoms with Gasteiger partial charge in [-0.1, -0.05) is 29.8 Å². The Morgan fingerprint density at radius 2 is 2.05 bits per heavy atom. The highest BCUT2D eigenvalue weighted by Gasteiger charge is 2.08. The molecule has 0 spiro atoms. The van der Waals surface area contributed by atoms with Crippen molar-refractivity contribution in [2.24, 2.45) is 0 Å². The van der Waals surface area contributed by atoms with Gasteiger partial charge in [0.1, 0.15) is 18.2 Å². The Hall–Kier alpha value is -1.10. The van der Waals surface area contributed by atoms with E-state index in [9.17, 15) is 9.50 Å². The van der Waals surface area contributed by atoms with Crippen molar-refractivity contribution in [3.8, 4) is 5.75 Å². The molecule has 0 atom stereocenters. The zero-order valence-corrected chi connectivity index (χ0v) is 12.2. The second-order valence-corrected chi connectivity index (χ2v) is 5.18. The summed E-state index contributed by atoms with van der Waals surface area (Å²) in [4.78, 5) is 0.